The molecule has 114 valence electrons. The number of alkyl halides is 3. The second-order valence-electron chi connectivity index (χ2n) is 4.92. The van der Waals surface area contributed by atoms with E-state index in [9.17, 15) is 18.0 Å². The molecule has 0 fully saturated rings. The van der Waals surface area contributed by atoms with E-state index in [4.69, 9.17) is 0 Å². The van der Waals surface area contributed by atoms with Gasteiger partial charge in [0.25, 0.3) is 0 Å². The second kappa shape index (κ2) is 4.69. The van der Waals surface area contributed by atoms with Gasteiger partial charge in [0.15, 0.2) is 11.5 Å². The fraction of sp³-hybridized carbons (Fsp3) is 0.214. The summed E-state index contributed by atoms with van der Waals surface area (Å²) in [5, 5.41) is 7.49. The first kappa shape index (κ1) is 14.3. The van der Waals surface area contributed by atoms with E-state index in [1.807, 2.05) is 0 Å². The summed E-state index contributed by atoms with van der Waals surface area (Å²) < 4.78 is 41.6. The van der Waals surface area contributed by atoms with Crippen LogP contribution in [0.4, 0.5) is 13.2 Å². The van der Waals surface area contributed by atoms with Crippen molar-refractivity contribution >= 4 is 11.3 Å². The topological polar surface area (TPSA) is 52.2 Å². The molecule has 0 spiro atoms. The summed E-state index contributed by atoms with van der Waals surface area (Å²) in [6.07, 6.45) is -0.386. The van der Waals surface area contributed by atoms with Crippen molar-refractivity contribution in [2.45, 2.75) is 13.1 Å². The van der Waals surface area contributed by atoms with Crippen LogP contribution in [0.1, 0.15) is 23.0 Å². The third-order valence-electron chi connectivity index (χ3n) is 3.30. The van der Waals surface area contributed by atoms with E-state index < -0.39 is 11.9 Å². The lowest BCUT2D eigenvalue weighted by molar-refractivity contribution is -0.140. The van der Waals surface area contributed by atoms with E-state index >= 15 is 0 Å². The van der Waals surface area contributed by atoms with Gasteiger partial charge < -0.3 is 0 Å². The maximum absolute atomic E-state index is 13.0. The van der Waals surface area contributed by atoms with Gasteiger partial charge in [-0.2, -0.15) is 23.4 Å². The van der Waals surface area contributed by atoms with Gasteiger partial charge in [-0.15, -0.1) is 0 Å². The van der Waals surface area contributed by atoms with Gasteiger partial charge in [0.1, 0.15) is 0 Å². The number of aromatic nitrogens is 4. The average molecular weight is 308 g/mol. The van der Waals surface area contributed by atoms with Gasteiger partial charge in [0, 0.05) is 30.6 Å². The molecule has 0 aliphatic heterocycles. The standard InChI is InChI=1S/C14H11F3N4O/c1-8(22)10-5-18-21-6-9(3-4-12(10)21)11-7-20(2)19-13(11)14(15,16)17/h3-7H,1-2H3. The molecule has 3 rings (SSSR count). The van der Waals surface area contributed by atoms with Gasteiger partial charge in [-0.25, -0.2) is 4.52 Å². The number of aryl methyl sites for hydroxylation is 1. The molecule has 3 aromatic heterocycles. The third-order valence-corrected chi connectivity index (χ3v) is 3.30. The van der Waals surface area contributed by atoms with Gasteiger partial charge in [-0.1, -0.05) is 6.07 Å². The summed E-state index contributed by atoms with van der Waals surface area (Å²) in [4.78, 5) is 11.4. The maximum atomic E-state index is 13.0. The Balaban J connectivity index is 2.18. The quantitative estimate of drug-likeness (QED) is 0.684. The molecular weight excluding hydrogens is 297 g/mol. The molecule has 3 heterocycles. The number of hydrogen-bond donors (Lipinski definition) is 0. The summed E-state index contributed by atoms with van der Waals surface area (Å²) in [6.45, 7) is 1.41. The van der Waals surface area contributed by atoms with E-state index in [1.54, 1.807) is 6.07 Å². The Hall–Kier alpha value is -2.64. The number of pyridine rings is 1. The Morgan fingerprint density at radius 2 is 1.95 bits per heavy atom. The summed E-state index contributed by atoms with van der Waals surface area (Å²) in [7, 11) is 1.43. The van der Waals surface area contributed by atoms with Crippen molar-refractivity contribution in [1.82, 2.24) is 19.4 Å². The van der Waals surface area contributed by atoms with Gasteiger partial charge in [-0.3, -0.25) is 9.48 Å². The predicted molar refractivity (Wildman–Crippen MR) is 72.4 cm³/mol. The SMILES string of the molecule is CC(=O)c1cnn2cc(-c3cn(C)nc3C(F)(F)F)ccc12. The van der Waals surface area contributed by atoms with Crippen LogP contribution in [0.25, 0.3) is 16.6 Å². The number of halogens is 3. The van der Waals surface area contributed by atoms with Gasteiger partial charge in [-0.05, 0) is 13.0 Å². The Morgan fingerprint density at radius 1 is 1.23 bits per heavy atom. The minimum Gasteiger partial charge on any atom is -0.294 e. The smallest absolute Gasteiger partial charge is 0.294 e. The molecule has 22 heavy (non-hydrogen) atoms. The largest absolute Gasteiger partial charge is 0.435 e. The number of carbonyl (C=O) groups is 1. The highest BCUT2D eigenvalue weighted by Crippen LogP contribution is 2.36. The van der Waals surface area contributed by atoms with Crippen molar-refractivity contribution in [2.75, 3.05) is 0 Å². The molecule has 0 aliphatic carbocycles. The van der Waals surface area contributed by atoms with Crippen LogP contribution in [0.2, 0.25) is 0 Å². The highest BCUT2D eigenvalue weighted by atomic mass is 19.4. The van der Waals surface area contributed by atoms with Crippen molar-refractivity contribution in [3.8, 4) is 11.1 Å². The van der Waals surface area contributed by atoms with Crippen molar-refractivity contribution in [3.63, 3.8) is 0 Å². The lowest BCUT2D eigenvalue weighted by atomic mass is 10.1. The van der Waals surface area contributed by atoms with E-state index in [1.165, 1.54) is 43.1 Å². The molecule has 0 atom stereocenters. The lowest BCUT2D eigenvalue weighted by Gasteiger charge is -2.06. The first-order chi connectivity index (χ1) is 10.3. The molecule has 0 N–H and O–H groups in total. The first-order valence-corrected chi connectivity index (χ1v) is 6.37. The molecule has 0 aliphatic rings. The zero-order valence-corrected chi connectivity index (χ0v) is 11.7. The number of carbonyl (C=O) groups excluding carboxylic acids is 1. The monoisotopic (exact) mass is 308 g/mol. The highest BCUT2D eigenvalue weighted by Gasteiger charge is 2.37. The molecule has 3 aromatic rings. The number of Topliss-reactive ketones (excluding diaryl/α,β-unsaturated/α-hetero) is 1. The van der Waals surface area contributed by atoms with Crippen LogP contribution in [0.3, 0.4) is 0 Å². The van der Waals surface area contributed by atoms with Gasteiger partial charge in [0.05, 0.1) is 17.3 Å². The van der Waals surface area contributed by atoms with Gasteiger partial charge >= 0.3 is 6.18 Å². The molecule has 0 unspecified atom stereocenters. The number of rotatable bonds is 2. The second-order valence-corrected chi connectivity index (χ2v) is 4.92. The Labute approximate surface area is 123 Å². The zero-order chi connectivity index (χ0) is 16.1. The van der Waals surface area contributed by atoms with Crippen LogP contribution >= 0.6 is 0 Å². The number of ketones is 1. The summed E-state index contributed by atoms with van der Waals surface area (Å²) in [5.74, 6) is -0.153. The molecule has 8 heteroatoms. The average Bonchev–Trinajstić information content (AvgIpc) is 3.00. The van der Waals surface area contributed by atoms with Crippen molar-refractivity contribution < 1.29 is 18.0 Å². The van der Waals surface area contributed by atoms with Crippen molar-refractivity contribution in [3.05, 3.63) is 42.0 Å². The van der Waals surface area contributed by atoms with E-state index in [-0.39, 0.29) is 11.3 Å². The minimum absolute atomic E-state index is 0.0308. The van der Waals surface area contributed by atoms with Crippen LogP contribution in [0, 0.1) is 0 Å². The molecule has 0 saturated carbocycles. The fourth-order valence-corrected chi connectivity index (χ4v) is 2.32. The molecular formula is C14H11F3N4O. The Morgan fingerprint density at radius 3 is 2.59 bits per heavy atom. The summed E-state index contributed by atoms with van der Waals surface area (Å²) in [5.41, 5.74) is 0.318. The molecule has 0 amide bonds. The molecule has 0 aromatic carbocycles. The minimum atomic E-state index is -4.54. The summed E-state index contributed by atoms with van der Waals surface area (Å²) >= 11 is 0. The number of fused-ring (bicyclic) bond motifs is 1. The lowest BCUT2D eigenvalue weighted by Crippen LogP contribution is -2.08. The molecule has 0 saturated heterocycles. The Kier molecular flexibility index (Phi) is 3.05. The predicted octanol–water partition coefficient (Wildman–Crippen LogP) is 2.96. The molecule has 0 radical (unpaired) electrons. The normalized spacial score (nSPS) is 12.0. The van der Waals surface area contributed by atoms with Crippen LogP contribution < -0.4 is 0 Å². The van der Waals surface area contributed by atoms with Crippen LogP contribution in [0.15, 0.2) is 30.7 Å². The van der Waals surface area contributed by atoms with E-state index in [2.05, 4.69) is 10.2 Å². The summed E-state index contributed by atoms with van der Waals surface area (Å²) in [6, 6.07) is 3.10. The number of nitrogens with zero attached hydrogens (tertiary/aromatic N) is 4. The van der Waals surface area contributed by atoms with Crippen LogP contribution in [0.5, 0.6) is 0 Å². The molecule has 0 bridgehead atoms. The van der Waals surface area contributed by atoms with E-state index in [0.29, 0.717) is 16.6 Å². The first-order valence-electron chi connectivity index (χ1n) is 6.37. The van der Waals surface area contributed by atoms with E-state index in [0.717, 1.165) is 4.68 Å². The fourth-order valence-electron chi connectivity index (χ4n) is 2.32. The maximum Gasteiger partial charge on any atom is 0.435 e. The van der Waals surface area contributed by atoms with Crippen LogP contribution in [-0.2, 0) is 13.2 Å². The number of hydrogen-bond acceptors (Lipinski definition) is 3. The third kappa shape index (κ3) is 2.26. The highest BCUT2D eigenvalue weighted by molar-refractivity contribution is 6.00. The van der Waals surface area contributed by atoms with Crippen molar-refractivity contribution in [2.24, 2.45) is 7.05 Å². The zero-order valence-electron chi connectivity index (χ0n) is 11.7. The Bertz CT molecular complexity index is 876. The van der Waals surface area contributed by atoms with Gasteiger partial charge in [0.2, 0.25) is 0 Å². The van der Waals surface area contributed by atoms with Crippen LogP contribution in [-0.4, -0.2) is 25.2 Å². The van der Waals surface area contributed by atoms with Crippen molar-refractivity contribution in [1.29, 1.82) is 0 Å². The molecule has 5 nitrogen and oxygen atoms in total.